The standard InChI is InChI=1S/C10H13N3O3/c14-9(15)8-3-4-11-10(13-8)12-6-7-2-1-5-16-7/h3-4,7H,1-2,5-6H2,(H,14,15)(H,11,12,13). The van der Waals surface area contributed by atoms with Crippen molar-refractivity contribution in [1.29, 1.82) is 0 Å². The molecule has 1 saturated heterocycles. The molecular weight excluding hydrogens is 210 g/mol. The molecule has 0 amide bonds. The Labute approximate surface area is 92.7 Å². The minimum absolute atomic E-state index is 0.00941. The van der Waals surface area contributed by atoms with Gasteiger partial charge in [0.25, 0.3) is 0 Å². The average Bonchev–Trinajstić information content (AvgIpc) is 2.79. The maximum Gasteiger partial charge on any atom is 0.354 e. The van der Waals surface area contributed by atoms with Crippen molar-refractivity contribution in [3.05, 3.63) is 18.0 Å². The van der Waals surface area contributed by atoms with Gasteiger partial charge in [-0.05, 0) is 18.9 Å². The number of nitrogens with one attached hydrogen (secondary N) is 1. The summed E-state index contributed by atoms with van der Waals surface area (Å²) in [6.45, 7) is 1.41. The molecule has 1 fully saturated rings. The summed E-state index contributed by atoms with van der Waals surface area (Å²) < 4.78 is 5.42. The second-order valence-corrected chi connectivity index (χ2v) is 3.59. The summed E-state index contributed by atoms with van der Waals surface area (Å²) in [6, 6.07) is 1.36. The largest absolute Gasteiger partial charge is 0.477 e. The molecule has 1 atom stereocenters. The first-order valence-electron chi connectivity index (χ1n) is 5.17. The minimum Gasteiger partial charge on any atom is -0.477 e. The molecule has 86 valence electrons. The normalized spacial score (nSPS) is 19.6. The fraction of sp³-hybridized carbons (Fsp3) is 0.500. The van der Waals surface area contributed by atoms with Crippen LogP contribution in [0.4, 0.5) is 5.95 Å². The number of carboxylic acid groups (broad SMARTS) is 1. The van der Waals surface area contributed by atoms with Crippen LogP contribution in [0.15, 0.2) is 12.3 Å². The van der Waals surface area contributed by atoms with Crippen LogP contribution < -0.4 is 5.32 Å². The highest BCUT2D eigenvalue weighted by Crippen LogP contribution is 2.12. The van der Waals surface area contributed by atoms with Gasteiger partial charge in [0.15, 0.2) is 5.69 Å². The molecule has 6 nitrogen and oxygen atoms in total. The Morgan fingerprint density at radius 1 is 1.69 bits per heavy atom. The fourth-order valence-corrected chi connectivity index (χ4v) is 1.57. The van der Waals surface area contributed by atoms with Crippen LogP contribution in [0.3, 0.4) is 0 Å². The smallest absolute Gasteiger partial charge is 0.354 e. The van der Waals surface area contributed by atoms with Gasteiger partial charge in [-0.15, -0.1) is 0 Å². The number of rotatable bonds is 4. The molecule has 2 N–H and O–H groups in total. The van der Waals surface area contributed by atoms with Gasteiger partial charge >= 0.3 is 5.97 Å². The van der Waals surface area contributed by atoms with Gasteiger partial charge in [-0.3, -0.25) is 0 Å². The van der Waals surface area contributed by atoms with Crippen LogP contribution in [0.25, 0.3) is 0 Å². The number of hydrogen-bond donors (Lipinski definition) is 2. The van der Waals surface area contributed by atoms with Gasteiger partial charge in [0, 0.05) is 19.3 Å². The lowest BCUT2D eigenvalue weighted by atomic mass is 10.2. The zero-order chi connectivity index (χ0) is 11.4. The summed E-state index contributed by atoms with van der Waals surface area (Å²) in [7, 11) is 0. The second-order valence-electron chi connectivity index (χ2n) is 3.59. The summed E-state index contributed by atoms with van der Waals surface area (Å²) in [4.78, 5) is 18.5. The van der Waals surface area contributed by atoms with Crippen LogP contribution in [0.5, 0.6) is 0 Å². The van der Waals surface area contributed by atoms with Crippen molar-refractivity contribution in [1.82, 2.24) is 9.97 Å². The van der Waals surface area contributed by atoms with Crippen LogP contribution in [-0.4, -0.2) is 40.3 Å². The van der Waals surface area contributed by atoms with Gasteiger partial charge in [-0.1, -0.05) is 0 Å². The summed E-state index contributed by atoms with van der Waals surface area (Å²) in [5.74, 6) is -0.724. The number of aromatic nitrogens is 2. The molecule has 0 bridgehead atoms. The summed E-state index contributed by atoms with van der Waals surface area (Å²) in [5.41, 5.74) is -0.00941. The van der Waals surface area contributed by atoms with Crippen LogP contribution in [0.1, 0.15) is 23.3 Å². The minimum atomic E-state index is -1.05. The van der Waals surface area contributed by atoms with Crippen molar-refractivity contribution in [2.24, 2.45) is 0 Å². The van der Waals surface area contributed by atoms with Gasteiger partial charge < -0.3 is 15.2 Å². The van der Waals surface area contributed by atoms with E-state index >= 15 is 0 Å². The quantitative estimate of drug-likeness (QED) is 0.784. The molecule has 1 aromatic heterocycles. The molecule has 1 aliphatic heterocycles. The third-order valence-electron chi connectivity index (χ3n) is 2.39. The van der Waals surface area contributed by atoms with Crippen molar-refractivity contribution in [2.75, 3.05) is 18.5 Å². The SMILES string of the molecule is O=C(O)c1ccnc(NCC2CCCO2)n1. The highest BCUT2D eigenvalue weighted by molar-refractivity contribution is 5.85. The Morgan fingerprint density at radius 3 is 3.25 bits per heavy atom. The zero-order valence-electron chi connectivity index (χ0n) is 8.72. The van der Waals surface area contributed by atoms with E-state index in [4.69, 9.17) is 9.84 Å². The second kappa shape index (κ2) is 4.89. The number of carbonyl (C=O) groups is 1. The molecule has 16 heavy (non-hydrogen) atoms. The van der Waals surface area contributed by atoms with Crippen molar-refractivity contribution >= 4 is 11.9 Å². The van der Waals surface area contributed by atoms with E-state index < -0.39 is 5.97 Å². The predicted octanol–water partition coefficient (Wildman–Crippen LogP) is 0.766. The van der Waals surface area contributed by atoms with Crippen LogP contribution >= 0.6 is 0 Å². The lowest BCUT2D eigenvalue weighted by molar-refractivity contribution is 0.0690. The van der Waals surface area contributed by atoms with E-state index in [-0.39, 0.29) is 11.8 Å². The number of hydrogen-bond acceptors (Lipinski definition) is 5. The van der Waals surface area contributed by atoms with Crippen molar-refractivity contribution in [2.45, 2.75) is 18.9 Å². The lowest BCUT2D eigenvalue weighted by Gasteiger charge is -2.10. The molecule has 0 aromatic carbocycles. The summed E-state index contributed by atoms with van der Waals surface area (Å²) >= 11 is 0. The number of nitrogens with zero attached hydrogens (tertiary/aromatic N) is 2. The Kier molecular flexibility index (Phi) is 3.31. The van der Waals surface area contributed by atoms with E-state index in [0.29, 0.717) is 12.5 Å². The fourth-order valence-electron chi connectivity index (χ4n) is 1.57. The highest BCUT2D eigenvalue weighted by atomic mass is 16.5. The first-order valence-corrected chi connectivity index (χ1v) is 5.17. The molecule has 1 unspecified atom stereocenters. The van der Waals surface area contributed by atoms with E-state index in [1.54, 1.807) is 0 Å². The molecule has 1 aromatic rings. The molecule has 2 heterocycles. The lowest BCUT2D eigenvalue weighted by Crippen LogP contribution is -2.20. The first kappa shape index (κ1) is 10.8. The van der Waals surface area contributed by atoms with Crippen molar-refractivity contribution in [3.63, 3.8) is 0 Å². The van der Waals surface area contributed by atoms with Gasteiger partial charge in [0.05, 0.1) is 6.10 Å². The summed E-state index contributed by atoms with van der Waals surface area (Å²) in [6.07, 6.45) is 3.69. The number of anilines is 1. The molecule has 6 heteroatoms. The van der Waals surface area contributed by atoms with E-state index in [0.717, 1.165) is 19.4 Å². The molecule has 0 aliphatic carbocycles. The van der Waals surface area contributed by atoms with Crippen LogP contribution in [0.2, 0.25) is 0 Å². The topological polar surface area (TPSA) is 84.3 Å². The molecule has 0 radical (unpaired) electrons. The Hall–Kier alpha value is -1.69. The Morgan fingerprint density at radius 2 is 2.56 bits per heavy atom. The van der Waals surface area contributed by atoms with Crippen molar-refractivity contribution < 1.29 is 14.6 Å². The van der Waals surface area contributed by atoms with Gasteiger partial charge in [-0.25, -0.2) is 14.8 Å². The zero-order valence-corrected chi connectivity index (χ0v) is 8.72. The molecule has 2 rings (SSSR count). The molecule has 0 saturated carbocycles. The molecular formula is C10H13N3O3. The molecule has 0 spiro atoms. The van der Waals surface area contributed by atoms with Gasteiger partial charge in [0.2, 0.25) is 5.95 Å². The predicted molar refractivity (Wildman–Crippen MR) is 56.5 cm³/mol. The number of aromatic carboxylic acids is 1. The van der Waals surface area contributed by atoms with E-state index in [9.17, 15) is 4.79 Å². The van der Waals surface area contributed by atoms with E-state index in [2.05, 4.69) is 15.3 Å². The number of ether oxygens (including phenoxy) is 1. The molecule has 1 aliphatic rings. The maximum absolute atomic E-state index is 10.7. The monoisotopic (exact) mass is 223 g/mol. The Bertz CT molecular complexity index is 377. The van der Waals surface area contributed by atoms with Gasteiger partial charge in [-0.2, -0.15) is 0 Å². The van der Waals surface area contributed by atoms with Crippen LogP contribution in [0, 0.1) is 0 Å². The highest BCUT2D eigenvalue weighted by Gasteiger charge is 2.15. The summed E-state index contributed by atoms with van der Waals surface area (Å²) in [5, 5.41) is 11.7. The number of carboxylic acids is 1. The van der Waals surface area contributed by atoms with E-state index in [1.165, 1.54) is 12.3 Å². The average molecular weight is 223 g/mol. The maximum atomic E-state index is 10.7. The van der Waals surface area contributed by atoms with Gasteiger partial charge in [0.1, 0.15) is 0 Å². The first-order chi connectivity index (χ1) is 7.75. The Balaban J connectivity index is 1.93. The van der Waals surface area contributed by atoms with Crippen LogP contribution in [-0.2, 0) is 4.74 Å². The third-order valence-corrected chi connectivity index (χ3v) is 2.39. The third kappa shape index (κ3) is 2.66. The van der Waals surface area contributed by atoms with E-state index in [1.807, 2.05) is 0 Å². The van der Waals surface area contributed by atoms with Crippen molar-refractivity contribution in [3.8, 4) is 0 Å².